The number of nitrogens with zero attached hydrogens (tertiary/aromatic N) is 1. The third-order valence-electron chi connectivity index (χ3n) is 8.16. The third kappa shape index (κ3) is 5.38. The van der Waals surface area contributed by atoms with E-state index in [-0.39, 0.29) is 39.7 Å². The van der Waals surface area contributed by atoms with E-state index >= 15 is 0 Å². The Bertz CT molecular complexity index is 1640. The van der Waals surface area contributed by atoms with E-state index in [1.165, 1.54) is 18.2 Å². The van der Waals surface area contributed by atoms with Crippen LogP contribution in [0.1, 0.15) is 53.5 Å². The lowest BCUT2D eigenvalue weighted by molar-refractivity contribution is -0.150. The van der Waals surface area contributed by atoms with Gasteiger partial charge in [0, 0.05) is 17.3 Å². The topological polar surface area (TPSA) is 117 Å². The number of carbonyl (C=O) groups excluding carboxylic acids is 1. The molecule has 7 nitrogen and oxygen atoms in total. The normalized spacial score (nSPS) is 24.8. The minimum atomic E-state index is -4.76. The molecule has 224 valence electrons. The molecule has 1 aromatic heterocycles. The van der Waals surface area contributed by atoms with Gasteiger partial charge in [0.1, 0.15) is 17.4 Å². The van der Waals surface area contributed by atoms with E-state index in [9.17, 15) is 45.4 Å². The minimum absolute atomic E-state index is 0.0600. The molecule has 2 aliphatic carbocycles. The summed E-state index contributed by atoms with van der Waals surface area (Å²) >= 11 is 6.24. The van der Waals surface area contributed by atoms with Crippen molar-refractivity contribution in [1.82, 2.24) is 4.98 Å². The maximum atomic E-state index is 13.8. The van der Waals surface area contributed by atoms with Crippen LogP contribution in [0.25, 0.3) is 0 Å². The van der Waals surface area contributed by atoms with E-state index in [2.05, 4.69) is 10.3 Å². The second-order valence-corrected chi connectivity index (χ2v) is 13.2. The summed E-state index contributed by atoms with van der Waals surface area (Å²) in [5.41, 5.74) is -3.68. The molecule has 3 N–H and O–H groups in total. The molecule has 14 heteroatoms. The average molecular weight is 631 g/mol. The summed E-state index contributed by atoms with van der Waals surface area (Å²) in [6, 6.07) is 9.26. The van der Waals surface area contributed by atoms with Crippen molar-refractivity contribution >= 4 is 33.0 Å². The monoisotopic (exact) mass is 630 g/mol. The number of aromatic nitrogens is 1. The number of aliphatic hydroxyl groups is 2. The van der Waals surface area contributed by atoms with Crippen LogP contribution in [0.5, 0.6) is 0 Å². The number of benzene rings is 2. The van der Waals surface area contributed by atoms with E-state index in [0.29, 0.717) is 12.8 Å². The fourth-order valence-corrected chi connectivity index (χ4v) is 8.46. The zero-order chi connectivity index (χ0) is 30.6. The number of aliphatic hydroxyl groups excluding tert-OH is 1. The summed E-state index contributed by atoms with van der Waals surface area (Å²) in [5.74, 6) is -4.65. The molecule has 0 aliphatic heterocycles. The van der Waals surface area contributed by atoms with Crippen LogP contribution in [0.2, 0.25) is 5.02 Å². The Hall–Kier alpha value is -3.13. The van der Waals surface area contributed by atoms with Crippen LogP contribution in [-0.4, -0.2) is 40.4 Å². The predicted molar refractivity (Wildman–Crippen MR) is 141 cm³/mol. The number of sulfone groups is 1. The molecule has 5 rings (SSSR count). The van der Waals surface area contributed by atoms with Crippen molar-refractivity contribution in [1.29, 1.82) is 0 Å². The zero-order valence-corrected chi connectivity index (χ0v) is 23.1. The Balaban J connectivity index is 1.38. The fourth-order valence-electron chi connectivity index (χ4n) is 6.06. The summed E-state index contributed by atoms with van der Waals surface area (Å²) in [7, 11) is -4.21. The second-order valence-electron chi connectivity index (χ2n) is 10.6. The first-order chi connectivity index (χ1) is 19.6. The van der Waals surface area contributed by atoms with Gasteiger partial charge < -0.3 is 15.5 Å². The molecule has 3 aromatic rings. The van der Waals surface area contributed by atoms with Gasteiger partial charge in [-0.15, -0.1) is 0 Å². The molecule has 0 saturated heterocycles. The van der Waals surface area contributed by atoms with Crippen molar-refractivity contribution in [3.05, 3.63) is 88.2 Å². The van der Waals surface area contributed by atoms with E-state index in [1.54, 1.807) is 0 Å². The van der Waals surface area contributed by atoms with E-state index in [4.69, 9.17) is 11.6 Å². The molecule has 2 aromatic carbocycles. The van der Waals surface area contributed by atoms with Gasteiger partial charge in [-0.05, 0) is 80.0 Å². The number of hydrogen-bond donors (Lipinski definition) is 3. The number of hydrogen-bond acceptors (Lipinski definition) is 6. The highest BCUT2D eigenvalue weighted by atomic mass is 35.5. The highest BCUT2D eigenvalue weighted by molar-refractivity contribution is 7.92. The van der Waals surface area contributed by atoms with Crippen LogP contribution in [0, 0.1) is 23.5 Å². The number of halogens is 6. The first kappa shape index (κ1) is 30.3. The van der Waals surface area contributed by atoms with Crippen LogP contribution in [0.4, 0.5) is 27.6 Å². The lowest BCUT2D eigenvalue weighted by Crippen LogP contribution is -2.52. The fraction of sp³-hybridized carbons (Fsp3) is 0.357. The quantitative estimate of drug-likeness (QED) is 0.301. The van der Waals surface area contributed by atoms with Crippen molar-refractivity contribution < 1.29 is 45.4 Å². The van der Waals surface area contributed by atoms with E-state index < -0.39 is 68.0 Å². The molecule has 2 bridgehead atoms. The van der Waals surface area contributed by atoms with E-state index in [1.807, 2.05) is 0 Å². The van der Waals surface area contributed by atoms with Gasteiger partial charge in [0.15, 0.2) is 21.5 Å². The second kappa shape index (κ2) is 10.9. The maximum Gasteiger partial charge on any atom is 0.433 e. The molecular weight excluding hydrogens is 607 g/mol. The van der Waals surface area contributed by atoms with Crippen molar-refractivity contribution in [2.45, 2.75) is 53.7 Å². The first-order valence-corrected chi connectivity index (χ1v) is 14.8. The van der Waals surface area contributed by atoms with Crippen LogP contribution in [0.3, 0.4) is 0 Å². The molecule has 42 heavy (non-hydrogen) atoms. The van der Waals surface area contributed by atoms with Crippen LogP contribution in [-0.2, 0) is 16.0 Å². The SMILES string of the molecule is O=C(Nc1ccc(F)c(F)c1)c1ccc(Cl)c(S(=O)(=O)C2CC3CCC(C2)C3(O)C(O)c2cccc(C(F)(F)F)n2)c1. The van der Waals surface area contributed by atoms with Crippen LogP contribution < -0.4 is 5.32 Å². The first-order valence-electron chi connectivity index (χ1n) is 12.9. The molecule has 1 amide bonds. The van der Waals surface area contributed by atoms with E-state index in [0.717, 1.165) is 36.4 Å². The van der Waals surface area contributed by atoms with Gasteiger partial charge in [-0.3, -0.25) is 4.79 Å². The number of alkyl halides is 3. The Kier molecular flexibility index (Phi) is 7.84. The van der Waals surface area contributed by atoms with Gasteiger partial charge in [-0.1, -0.05) is 17.7 Å². The standard InChI is InChI=1S/C28H24ClF5N2O5S/c29-19-8-4-14(26(38)35-17-7-9-20(30)21(31)13-17)10-23(19)42(40,41)18-11-15-5-6-16(12-18)27(15,39)25(37)22-2-1-3-24(36-22)28(32,33)34/h1-4,7-10,13,15-16,18,25,37,39H,5-6,11-12H2,(H,35,38). The van der Waals surface area contributed by atoms with Gasteiger partial charge in [0.05, 0.1) is 20.9 Å². The molecular formula is C28H24ClF5N2O5S. The van der Waals surface area contributed by atoms with Crippen molar-refractivity contribution in [3.63, 3.8) is 0 Å². The summed E-state index contributed by atoms with van der Waals surface area (Å²) in [4.78, 5) is 15.9. The van der Waals surface area contributed by atoms with Crippen molar-refractivity contribution in [2.75, 3.05) is 5.32 Å². The molecule has 2 aliphatic rings. The Morgan fingerprint density at radius 1 is 1.02 bits per heavy atom. The van der Waals surface area contributed by atoms with Crippen LogP contribution in [0.15, 0.2) is 59.5 Å². The van der Waals surface area contributed by atoms with Gasteiger partial charge in [0.2, 0.25) is 0 Å². The molecule has 0 spiro atoms. The molecule has 1 heterocycles. The van der Waals surface area contributed by atoms with Crippen molar-refractivity contribution in [3.8, 4) is 0 Å². The largest absolute Gasteiger partial charge is 0.433 e. The van der Waals surface area contributed by atoms with Gasteiger partial charge in [-0.2, -0.15) is 13.2 Å². The number of amides is 1. The van der Waals surface area contributed by atoms with Gasteiger partial charge in [0.25, 0.3) is 5.91 Å². The summed E-state index contributed by atoms with van der Waals surface area (Å²) in [6.45, 7) is 0. The average Bonchev–Trinajstić information content (AvgIpc) is 3.10. The number of fused-ring (bicyclic) bond motifs is 2. The number of anilines is 1. The number of carbonyl (C=O) groups is 1. The minimum Gasteiger partial charge on any atom is -0.386 e. The smallest absolute Gasteiger partial charge is 0.386 e. The van der Waals surface area contributed by atoms with Crippen LogP contribution >= 0.6 is 11.6 Å². The van der Waals surface area contributed by atoms with Crippen molar-refractivity contribution in [2.24, 2.45) is 11.8 Å². The number of pyridine rings is 1. The highest BCUT2D eigenvalue weighted by Crippen LogP contribution is 2.56. The zero-order valence-electron chi connectivity index (χ0n) is 21.6. The Morgan fingerprint density at radius 3 is 2.31 bits per heavy atom. The maximum absolute atomic E-state index is 13.8. The van der Waals surface area contributed by atoms with Gasteiger partial charge in [-0.25, -0.2) is 22.2 Å². The molecule has 0 radical (unpaired) electrons. The third-order valence-corrected chi connectivity index (χ3v) is 10.8. The predicted octanol–water partition coefficient (Wildman–Crippen LogP) is 5.71. The van der Waals surface area contributed by atoms with Gasteiger partial charge >= 0.3 is 6.18 Å². The molecule has 2 saturated carbocycles. The highest BCUT2D eigenvalue weighted by Gasteiger charge is 2.59. The molecule has 2 fully saturated rings. The molecule has 3 atom stereocenters. The lowest BCUT2D eigenvalue weighted by Gasteiger charge is -2.45. The summed E-state index contributed by atoms with van der Waals surface area (Å²) < 4.78 is 93.9. The number of nitrogens with one attached hydrogen (secondary N) is 1. The lowest BCUT2D eigenvalue weighted by atomic mass is 9.70. The molecule has 3 unspecified atom stereocenters. The Morgan fingerprint density at radius 2 is 1.69 bits per heavy atom. The summed E-state index contributed by atoms with van der Waals surface area (Å²) in [6.07, 6.45) is -6.13. The number of rotatable bonds is 6. The summed E-state index contributed by atoms with van der Waals surface area (Å²) in [5, 5.41) is 23.8. The Labute approximate surface area is 242 Å².